The van der Waals surface area contributed by atoms with E-state index in [2.05, 4.69) is 12.1 Å². The summed E-state index contributed by atoms with van der Waals surface area (Å²) in [6.45, 7) is 3.40. The van der Waals surface area contributed by atoms with Gasteiger partial charge in [-0.3, -0.25) is 9.69 Å². The minimum Gasteiger partial charge on any atom is -0.480 e. The number of carbonyl (C=O) groups excluding carboxylic acids is 1. The standard InChI is InChI=1S/C25H23NO4/c1-16-8-7-9-17(2)24(16)26(14-23(27)28)25(29)30-15-22-20-12-5-3-10-18(20)19-11-4-6-13-21(19)22/h3-13,22H,14-15H2,1-2H3,(H,27,28). The molecule has 0 atom stereocenters. The molecule has 1 aliphatic rings. The third-order valence-corrected chi connectivity index (χ3v) is 5.56. The van der Waals surface area contributed by atoms with E-state index >= 15 is 0 Å². The molecule has 0 saturated heterocycles. The zero-order chi connectivity index (χ0) is 21.3. The number of fused-ring (bicyclic) bond motifs is 3. The van der Waals surface area contributed by atoms with E-state index in [0.717, 1.165) is 33.4 Å². The number of amides is 1. The molecule has 1 amide bonds. The maximum Gasteiger partial charge on any atom is 0.414 e. The van der Waals surface area contributed by atoms with E-state index in [-0.39, 0.29) is 12.5 Å². The Morgan fingerprint density at radius 2 is 1.40 bits per heavy atom. The Labute approximate surface area is 175 Å². The van der Waals surface area contributed by atoms with Crippen LogP contribution in [0.1, 0.15) is 28.2 Å². The summed E-state index contributed by atoms with van der Waals surface area (Å²) in [6, 6.07) is 21.8. The second-order valence-electron chi connectivity index (χ2n) is 7.52. The van der Waals surface area contributed by atoms with Gasteiger partial charge >= 0.3 is 12.1 Å². The van der Waals surface area contributed by atoms with Crippen LogP contribution in [0.3, 0.4) is 0 Å². The summed E-state index contributed by atoms with van der Waals surface area (Å²) in [6.07, 6.45) is -0.656. The summed E-state index contributed by atoms with van der Waals surface area (Å²) in [5.41, 5.74) is 6.75. The Bertz CT molecular complexity index is 1060. The fraction of sp³-hybridized carbons (Fsp3) is 0.200. The van der Waals surface area contributed by atoms with Gasteiger partial charge in [0.2, 0.25) is 0 Å². The monoisotopic (exact) mass is 401 g/mol. The van der Waals surface area contributed by atoms with Crippen LogP contribution in [0.2, 0.25) is 0 Å². The van der Waals surface area contributed by atoms with Crippen molar-refractivity contribution in [1.29, 1.82) is 0 Å². The van der Waals surface area contributed by atoms with E-state index in [1.807, 2.05) is 68.4 Å². The van der Waals surface area contributed by atoms with Crippen molar-refractivity contribution in [2.24, 2.45) is 0 Å². The van der Waals surface area contributed by atoms with Gasteiger partial charge in [-0.25, -0.2) is 4.79 Å². The zero-order valence-corrected chi connectivity index (χ0v) is 17.0. The van der Waals surface area contributed by atoms with Gasteiger partial charge in [0, 0.05) is 5.92 Å². The van der Waals surface area contributed by atoms with Crippen molar-refractivity contribution >= 4 is 17.7 Å². The SMILES string of the molecule is Cc1cccc(C)c1N(CC(=O)O)C(=O)OCC1c2ccccc2-c2ccccc21. The van der Waals surface area contributed by atoms with Gasteiger partial charge < -0.3 is 9.84 Å². The molecule has 0 aliphatic heterocycles. The number of benzene rings is 3. The van der Waals surface area contributed by atoms with Gasteiger partial charge in [0.1, 0.15) is 13.2 Å². The van der Waals surface area contributed by atoms with E-state index < -0.39 is 18.6 Å². The number of carbonyl (C=O) groups is 2. The fourth-order valence-electron chi connectivity index (χ4n) is 4.27. The quantitative estimate of drug-likeness (QED) is 0.643. The number of aliphatic carboxylic acids is 1. The lowest BCUT2D eigenvalue weighted by Crippen LogP contribution is -2.37. The maximum absolute atomic E-state index is 13.0. The maximum atomic E-state index is 13.0. The Morgan fingerprint density at radius 1 is 0.867 bits per heavy atom. The molecule has 152 valence electrons. The first-order valence-corrected chi connectivity index (χ1v) is 9.88. The number of aryl methyl sites for hydroxylation is 2. The van der Waals surface area contributed by atoms with E-state index in [1.165, 1.54) is 4.90 Å². The van der Waals surface area contributed by atoms with E-state index in [0.29, 0.717) is 5.69 Å². The molecule has 0 heterocycles. The van der Waals surface area contributed by atoms with Crippen LogP contribution in [0, 0.1) is 13.8 Å². The topological polar surface area (TPSA) is 66.8 Å². The van der Waals surface area contributed by atoms with Crippen LogP contribution >= 0.6 is 0 Å². The molecule has 0 spiro atoms. The molecular weight excluding hydrogens is 378 g/mol. The van der Waals surface area contributed by atoms with Gasteiger partial charge in [0.25, 0.3) is 0 Å². The van der Waals surface area contributed by atoms with Crippen LogP contribution in [0.4, 0.5) is 10.5 Å². The average Bonchev–Trinajstić information content (AvgIpc) is 3.05. The first-order valence-electron chi connectivity index (χ1n) is 9.88. The first-order chi connectivity index (χ1) is 14.5. The molecule has 0 radical (unpaired) electrons. The third kappa shape index (κ3) is 3.54. The number of ether oxygens (including phenoxy) is 1. The zero-order valence-electron chi connectivity index (χ0n) is 17.0. The predicted molar refractivity (Wildman–Crippen MR) is 116 cm³/mol. The fourth-order valence-corrected chi connectivity index (χ4v) is 4.27. The number of carboxylic acid groups (broad SMARTS) is 1. The smallest absolute Gasteiger partial charge is 0.414 e. The average molecular weight is 401 g/mol. The number of carboxylic acids is 1. The van der Waals surface area contributed by atoms with Gasteiger partial charge in [0.15, 0.2) is 0 Å². The predicted octanol–water partition coefficient (Wildman–Crippen LogP) is 5.14. The Balaban J connectivity index is 1.61. The highest BCUT2D eigenvalue weighted by Crippen LogP contribution is 2.44. The Kier molecular flexibility index (Phi) is 5.27. The van der Waals surface area contributed by atoms with Crippen molar-refractivity contribution in [3.05, 3.63) is 89.0 Å². The summed E-state index contributed by atoms with van der Waals surface area (Å²) in [7, 11) is 0. The highest BCUT2D eigenvalue weighted by molar-refractivity contribution is 5.94. The lowest BCUT2D eigenvalue weighted by molar-refractivity contribution is -0.135. The van der Waals surface area contributed by atoms with Crippen LogP contribution in [0.25, 0.3) is 11.1 Å². The van der Waals surface area contributed by atoms with Crippen molar-refractivity contribution in [1.82, 2.24) is 0 Å². The van der Waals surface area contributed by atoms with Crippen molar-refractivity contribution in [2.45, 2.75) is 19.8 Å². The molecular formula is C25H23NO4. The van der Waals surface area contributed by atoms with E-state index in [4.69, 9.17) is 4.74 Å². The van der Waals surface area contributed by atoms with Crippen molar-refractivity contribution < 1.29 is 19.4 Å². The van der Waals surface area contributed by atoms with Crippen molar-refractivity contribution in [2.75, 3.05) is 18.1 Å². The molecule has 0 fully saturated rings. The molecule has 4 rings (SSSR count). The van der Waals surface area contributed by atoms with Crippen LogP contribution in [0.15, 0.2) is 66.7 Å². The minimum atomic E-state index is -1.09. The van der Waals surface area contributed by atoms with Gasteiger partial charge in [-0.15, -0.1) is 0 Å². The molecule has 0 bridgehead atoms. The van der Waals surface area contributed by atoms with Gasteiger partial charge in [0.05, 0.1) is 5.69 Å². The number of hydrogen-bond donors (Lipinski definition) is 1. The van der Waals surface area contributed by atoms with Crippen LogP contribution in [0.5, 0.6) is 0 Å². The number of rotatable bonds is 5. The molecule has 0 unspecified atom stereocenters. The highest BCUT2D eigenvalue weighted by atomic mass is 16.6. The molecule has 30 heavy (non-hydrogen) atoms. The number of hydrogen-bond acceptors (Lipinski definition) is 3. The molecule has 3 aromatic rings. The summed E-state index contributed by atoms with van der Waals surface area (Å²) in [4.78, 5) is 25.7. The Hall–Kier alpha value is -3.60. The largest absolute Gasteiger partial charge is 0.480 e. The first kappa shape index (κ1) is 19.7. The second-order valence-corrected chi connectivity index (χ2v) is 7.52. The lowest BCUT2D eigenvalue weighted by atomic mass is 9.98. The minimum absolute atomic E-state index is 0.0778. The molecule has 0 aromatic heterocycles. The van der Waals surface area contributed by atoms with E-state index in [9.17, 15) is 14.7 Å². The van der Waals surface area contributed by atoms with Crippen molar-refractivity contribution in [3.8, 4) is 11.1 Å². The summed E-state index contributed by atoms with van der Waals surface area (Å²) >= 11 is 0. The van der Waals surface area contributed by atoms with E-state index in [1.54, 1.807) is 0 Å². The highest BCUT2D eigenvalue weighted by Gasteiger charge is 2.30. The summed E-state index contributed by atoms with van der Waals surface area (Å²) in [5.74, 6) is -1.17. The molecule has 1 N–H and O–H groups in total. The number of anilines is 1. The van der Waals surface area contributed by atoms with Crippen LogP contribution in [-0.2, 0) is 9.53 Å². The molecule has 5 heteroatoms. The third-order valence-electron chi connectivity index (χ3n) is 5.56. The number of para-hydroxylation sites is 1. The lowest BCUT2D eigenvalue weighted by Gasteiger charge is -2.25. The van der Waals surface area contributed by atoms with Crippen molar-refractivity contribution in [3.63, 3.8) is 0 Å². The summed E-state index contributed by atoms with van der Waals surface area (Å²) < 4.78 is 5.69. The number of nitrogens with zero attached hydrogens (tertiary/aromatic N) is 1. The summed E-state index contributed by atoms with van der Waals surface area (Å²) in [5, 5.41) is 9.37. The molecule has 3 aromatic carbocycles. The second kappa shape index (κ2) is 8.03. The van der Waals surface area contributed by atoms with Gasteiger partial charge in [-0.05, 0) is 47.2 Å². The Morgan fingerprint density at radius 3 is 1.93 bits per heavy atom. The molecule has 0 saturated carbocycles. The van der Waals surface area contributed by atoms with Gasteiger partial charge in [-0.1, -0.05) is 66.7 Å². The van der Waals surface area contributed by atoms with Gasteiger partial charge in [-0.2, -0.15) is 0 Å². The molecule has 1 aliphatic carbocycles. The van der Waals surface area contributed by atoms with Crippen LogP contribution < -0.4 is 4.90 Å². The van der Waals surface area contributed by atoms with Crippen LogP contribution in [-0.4, -0.2) is 30.3 Å². The molecule has 5 nitrogen and oxygen atoms in total. The normalized spacial score (nSPS) is 12.2.